The maximum atomic E-state index is 11.7. The summed E-state index contributed by atoms with van der Waals surface area (Å²) in [7, 11) is 0. The Balaban J connectivity index is 2.16. The zero-order valence-electron chi connectivity index (χ0n) is 9.51. The fourth-order valence-electron chi connectivity index (χ4n) is 1.85. The van der Waals surface area contributed by atoms with Crippen LogP contribution in [0.25, 0.3) is 0 Å². The van der Waals surface area contributed by atoms with Crippen molar-refractivity contribution in [1.29, 1.82) is 0 Å². The van der Waals surface area contributed by atoms with Gasteiger partial charge in [0.05, 0.1) is 6.54 Å². The van der Waals surface area contributed by atoms with Gasteiger partial charge in [0.25, 0.3) is 0 Å². The van der Waals surface area contributed by atoms with Crippen LogP contribution >= 0.6 is 0 Å². The highest BCUT2D eigenvalue weighted by Crippen LogP contribution is 2.15. The van der Waals surface area contributed by atoms with Gasteiger partial charge in [0.2, 0.25) is 11.8 Å². The van der Waals surface area contributed by atoms with Gasteiger partial charge in [-0.25, -0.2) is 0 Å². The van der Waals surface area contributed by atoms with Crippen LogP contribution in [0.5, 0.6) is 5.75 Å². The van der Waals surface area contributed by atoms with Crippen LogP contribution in [0, 0.1) is 0 Å². The molecule has 0 spiro atoms. The van der Waals surface area contributed by atoms with Crippen molar-refractivity contribution in [2.45, 2.75) is 19.5 Å². The third kappa shape index (κ3) is 2.38. The molecule has 0 radical (unpaired) electrons. The second-order valence-electron chi connectivity index (χ2n) is 4.09. The van der Waals surface area contributed by atoms with E-state index in [9.17, 15) is 14.7 Å². The third-order valence-electron chi connectivity index (χ3n) is 2.84. The molecule has 1 aromatic rings. The van der Waals surface area contributed by atoms with Crippen LogP contribution in [0.1, 0.15) is 12.5 Å². The number of carbonyl (C=O) groups excluding carboxylic acids is 2. The van der Waals surface area contributed by atoms with Crippen LogP contribution < -0.4 is 5.32 Å². The minimum absolute atomic E-state index is 0.0436. The SMILES string of the molecule is CC1C(=O)NCC(=O)N1Cc1cccc(O)c1. The molecule has 0 aromatic heterocycles. The molecule has 1 fully saturated rings. The molecule has 5 nitrogen and oxygen atoms in total. The largest absolute Gasteiger partial charge is 0.508 e. The van der Waals surface area contributed by atoms with Gasteiger partial charge >= 0.3 is 0 Å². The molecule has 1 atom stereocenters. The molecular formula is C12H14N2O3. The van der Waals surface area contributed by atoms with Crippen LogP contribution in [-0.4, -0.2) is 34.4 Å². The maximum absolute atomic E-state index is 11.7. The molecule has 1 aliphatic rings. The topological polar surface area (TPSA) is 69.6 Å². The van der Waals surface area contributed by atoms with Crippen LogP contribution in [0.4, 0.5) is 0 Å². The predicted molar refractivity (Wildman–Crippen MR) is 61.1 cm³/mol. The smallest absolute Gasteiger partial charge is 0.242 e. The lowest BCUT2D eigenvalue weighted by Crippen LogP contribution is -2.56. The number of phenols is 1. The summed E-state index contributed by atoms with van der Waals surface area (Å²) in [5, 5.41) is 11.9. The molecule has 0 saturated carbocycles. The minimum Gasteiger partial charge on any atom is -0.508 e. The number of hydrogen-bond donors (Lipinski definition) is 2. The number of hydrogen-bond acceptors (Lipinski definition) is 3. The molecule has 2 amide bonds. The lowest BCUT2D eigenvalue weighted by atomic mass is 10.1. The highest BCUT2D eigenvalue weighted by Gasteiger charge is 2.30. The molecular weight excluding hydrogens is 220 g/mol. The van der Waals surface area contributed by atoms with Crippen molar-refractivity contribution in [3.63, 3.8) is 0 Å². The van der Waals surface area contributed by atoms with E-state index in [0.29, 0.717) is 6.54 Å². The second-order valence-corrected chi connectivity index (χ2v) is 4.09. The summed E-state index contributed by atoms with van der Waals surface area (Å²) in [6, 6.07) is 6.21. The van der Waals surface area contributed by atoms with Crippen LogP contribution in [0.15, 0.2) is 24.3 Å². The van der Waals surface area contributed by atoms with Crippen LogP contribution in [0.3, 0.4) is 0 Å². The number of piperazine rings is 1. The molecule has 0 aliphatic carbocycles. The third-order valence-corrected chi connectivity index (χ3v) is 2.84. The summed E-state index contributed by atoms with van der Waals surface area (Å²) in [5.74, 6) is -0.103. The fourth-order valence-corrected chi connectivity index (χ4v) is 1.85. The van der Waals surface area contributed by atoms with Crippen molar-refractivity contribution in [3.8, 4) is 5.75 Å². The van der Waals surface area contributed by atoms with Crippen molar-refractivity contribution in [2.24, 2.45) is 0 Å². The van der Waals surface area contributed by atoms with E-state index in [2.05, 4.69) is 5.32 Å². The molecule has 1 aliphatic heterocycles. The lowest BCUT2D eigenvalue weighted by Gasteiger charge is -2.32. The molecule has 2 rings (SSSR count). The lowest BCUT2D eigenvalue weighted by molar-refractivity contribution is -0.145. The number of phenolic OH excluding ortho intramolecular Hbond substituents is 1. The highest BCUT2D eigenvalue weighted by molar-refractivity contribution is 5.94. The zero-order valence-corrected chi connectivity index (χ0v) is 9.51. The van der Waals surface area contributed by atoms with Gasteiger partial charge in [-0.05, 0) is 24.6 Å². The summed E-state index contributed by atoms with van der Waals surface area (Å²) >= 11 is 0. The Morgan fingerprint density at radius 1 is 1.47 bits per heavy atom. The van der Waals surface area contributed by atoms with Gasteiger partial charge in [-0.3, -0.25) is 9.59 Å². The molecule has 0 bridgehead atoms. The maximum Gasteiger partial charge on any atom is 0.242 e. The summed E-state index contributed by atoms with van der Waals surface area (Å²) in [6.45, 7) is 2.07. The quantitative estimate of drug-likeness (QED) is 0.770. The van der Waals surface area contributed by atoms with Gasteiger partial charge in [0, 0.05) is 6.54 Å². The normalized spacial score (nSPS) is 20.3. The molecule has 1 unspecified atom stereocenters. The number of carbonyl (C=O) groups is 2. The second kappa shape index (κ2) is 4.45. The first-order chi connectivity index (χ1) is 8.08. The van der Waals surface area contributed by atoms with E-state index in [4.69, 9.17) is 0 Å². The zero-order chi connectivity index (χ0) is 12.4. The fraction of sp³-hybridized carbons (Fsp3) is 0.333. The molecule has 1 heterocycles. The predicted octanol–water partition coefficient (Wildman–Crippen LogP) is 0.239. The van der Waals surface area contributed by atoms with Crippen molar-refractivity contribution >= 4 is 11.8 Å². The molecule has 5 heteroatoms. The van der Waals surface area contributed by atoms with Gasteiger partial charge in [-0.15, -0.1) is 0 Å². The van der Waals surface area contributed by atoms with E-state index in [1.165, 1.54) is 4.90 Å². The van der Waals surface area contributed by atoms with Gasteiger partial charge in [0.15, 0.2) is 0 Å². The van der Waals surface area contributed by atoms with Gasteiger partial charge in [-0.1, -0.05) is 12.1 Å². The molecule has 17 heavy (non-hydrogen) atoms. The van der Waals surface area contributed by atoms with Gasteiger partial charge < -0.3 is 15.3 Å². The number of rotatable bonds is 2. The number of nitrogens with one attached hydrogen (secondary N) is 1. The van der Waals surface area contributed by atoms with Crippen molar-refractivity contribution in [3.05, 3.63) is 29.8 Å². The molecule has 90 valence electrons. The van der Waals surface area contributed by atoms with Gasteiger partial charge in [-0.2, -0.15) is 0 Å². The first-order valence-electron chi connectivity index (χ1n) is 5.43. The summed E-state index contributed by atoms with van der Waals surface area (Å²) in [5.41, 5.74) is 0.805. The van der Waals surface area contributed by atoms with Crippen LogP contribution in [-0.2, 0) is 16.1 Å². The molecule has 1 aromatic carbocycles. The Labute approximate surface area is 99.0 Å². The minimum atomic E-state index is -0.474. The Kier molecular flexibility index (Phi) is 2.99. The Morgan fingerprint density at radius 2 is 2.24 bits per heavy atom. The van der Waals surface area contributed by atoms with Crippen molar-refractivity contribution < 1.29 is 14.7 Å². The Bertz CT molecular complexity index is 459. The van der Waals surface area contributed by atoms with E-state index < -0.39 is 6.04 Å². The summed E-state index contributed by atoms with van der Waals surface area (Å²) in [4.78, 5) is 24.6. The van der Waals surface area contributed by atoms with Crippen molar-refractivity contribution in [2.75, 3.05) is 6.54 Å². The van der Waals surface area contributed by atoms with Crippen LogP contribution in [0.2, 0.25) is 0 Å². The van der Waals surface area contributed by atoms with E-state index in [1.807, 2.05) is 6.07 Å². The number of amides is 2. The Morgan fingerprint density at radius 3 is 2.94 bits per heavy atom. The first-order valence-corrected chi connectivity index (χ1v) is 5.43. The number of benzene rings is 1. The molecule has 2 N–H and O–H groups in total. The summed E-state index contributed by atoms with van der Waals surface area (Å²) in [6.07, 6.45) is 0. The standard InChI is InChI=1S/C12H14N2O3/c1-8-12(17)13-6-11(16)14(8)7-9-3-2-4-10(15)5-9/h2-5,8,15H,6-7H2,1H3,(H,13,17). The van der Waals surface area contributed by atoms with E-state index in [-0.39, 0.29) is 24.1 Å². The average molecular weight is 234 g/mol. The molecule has 1 saturated heterocycles. The Hall–Kier alpha value is -2.04. The first kappa shape index (κ1) is 11.4. The van der Waals surface area contributed by atoms with E-state index >= 15 is 0 Å². The van der Waals surface area contributed by atoms with Crippen molar-refractivity contribution in [1.82, 2.24) is 10.2 Å². The van der Waals surface area contributed by atoms with Gasteiger partial charge in [0.1, 0.15) is 11.8 Å². The summed E-state index contributed by atoms with van der Waals surface area (Å²) < 4.78 is 0. The average Bonchev–Trinajstić information content (AvgIpc) is 2.30. The monoisotopic (exact) mass is 234 g/mol. The van der Waals surface area contributed by atoms with E-state index in [1.54, 1.807) is 25.1 Å². The highest BCUT2D eigenvalue weighted by atomic mass is 16.3. The number of nitrogens with zero attached hydrogens (tertiary/aromatic N) is 1. The number of aromatic hydroxyl groups is 1. The van der Waals surface area contributed by atoms with E-state index in [0.717, 1.165) is 5.56 Å².